The van der Waals surface area contributed by atoms with Gasteiger partial charge in [-0.3, -0.25) is 0 Å². The maximum absolute atomic E-state index is 2.53. The average molecular weight is 236 g/mol. The van der Waals surface area contributed by atoms with Crippen LogP contribution in [0.25, 0.3) is 0 Å². The van der Waals surface area contributed by atoms with Crippen LogP contribution in [0.4, 0.5) is 0 Å². The second-order valence-corrected chi connectivity index (χ2v) is 9.07. The van der Waals surface area contributed by atoms with E-state index in [4.69, 9.17) is 0 Å². The number of rotatable bonds is 0. The third-order valence-corrected chi connectivity index (χ3v) is 5.95. The number of fused-ring (bicyclic) bond motifs is 2. The van der Waals surface area contributed by atoms with E-state index in [9.17, 15) is 0 Å². The van der Waals surface area contributed by atoms with E-state index in [1.165, 1.54) is 6.42 Å². The van der Waals surface area contributed by atoms with Crippen molar-refractivity contribution in [3.05, 3.63) is 0 Å². The molecule has 0 spiro atoms. The lowest BCUT2D eigenvalue weighted by molar-refractivity contribution is -0.175. The second kappa shape index (κ2) is 3.75. The first-order valence-electron chi connectivity index (χ1n) is 7.55. The summed E-state index contributed by atoms with van der Waals surface area (Å²) >= 11 is 0. The SMILES string of the molecule is CC1C2CC(C(C)C1C(C)(C)C)C2C(C)(C)C. The first kappa shape index (κ1) is 13.4. The molecule has 0 aromatic rings. The third-order valence-electron chi connectivity index (χ3n) is 5.95. The van der Waals surface area contributed by atoms with E-state index in [1.54, 1.807) is 0 Å². The molecule has 0 nitrogen and oxygen atoms in total. The standard InChI is InChI=1S/C17H32/c1-10-12-9-13(15(12)17(6,7)8)11(2)14(10)16(3,4)5/h10-15H,9H2,1-8H3. The average Bonchev–Trinajstić information content (AvgIpc) is 1.93. The summed E-state index contributed by atoms with van der Waals surface area (Å²) in [5.41, 5.74) is 0.998. The van der Waals surface area contributed by atoms with Gasteiger partial charge in [0.1, 0.15) is 0 Å². The molecule has 17 heavy (non-hydrogen) atoms. The van der Waals surface area contributed by atoms with Gasteiger partial charge in [0.15, 0.2) is 0 Å². The van der Waals surface area contributed by atoms with Crippen LogP contribution in [0.2, 0.25) is 0 Å². The zero-order valence-electron chi connectivity index (χ0n) is 13.2. The first-order chi connectivity index (χ1) is 7.55. The largest absolute Gasteiger partial charge is 0.0619 e. The molecule has 0 amide bonds. The van der Waals surface area contributed by atoms with E-state index in [-0.39, 0.29) is 0 Å². The highest BCUT2D eigenvalue weighted by atomic mass is 14.6. The van der Waals surface area contributed by atoms with E-state index in [0.717, 1.165) is 35.5 Å². The Bertz CT molecular complexity index is 272. The summed E-state index contributed by atoms with van der Waals surface area (Å²) in [7, 11) is 0. The van der Waals surface area contributed by atoms with E-state index in [0.29, 0.717) is 10.8 Å². The summed E-state index contributed by atoms with van der Waals surface area (Å²) in [6, 6.07) is 0. The van der Waals surface area contributed by atoms with Crippen molar-refractivity contribution >= 4 is 0 Å². The van der Waals surface area contributed by atoms with Crippen LogP contribution in [0.3, 0.4) is 0 Å². The van der Waals surface area contributed by atoms with E-state index in [1.807, 2.05) is 0 Å². The third kappa shape index (κ3) is 1.96. The Morgan fingerprint density at radius 3 is 1.29 bits per heavy atom. The summed E-state index contributed by atoms with van der Waals surface area (Å²) in [4.78, 5) is 0. The second-order valence-electron chi connectivity index (χ2n) is 9.07. The molecular weight excluding hydrogens is 204 g/mol. The Morgan fingerprint density at radius 1 is 0.647 bits per heavy atom. The van der Waals surface area contributed by atoms with Crippen LogP contribution in [0.15, 0.2) is 0 Å². The maximum Gasteiger partial charge on any atom is -0.0303 e. The minimum absolute atomic E-state index is 0.485. The van der Waals surface area contributed by atoms with Crippen LogP contribution in [0.1, 0.15) is 61.8 Å². The van der Waals surface area contributed by atoms with Gasteiger partial charge in [-0.2, -0.15) is 0 Å². The fourth-order valence-corrected chi connectivity index (χ4v) is 5.69. The van der Waals surface area contributed by atoms with Gasteiger partial charge in [0, 0.05) is 0 Å². The zero-order valence-corrected chi connectivity index (χ0v) is 13.2. The number of hydrogen-bond donors (Lipinski definition) is 0. The Balaban J connectivity index is 2.24. The van der Waals surface area contributed by atoms with E-state index >= 15 is 0 Å². The highest BCUT2D eigenvalue weighted by molar-refractivity contribution is 5.07. The van der Waals surface area contributed by atoms with Gasteiger partial charge in [0.05, 0.1) is 0 Å². The normalized spacial score (nSPS) is 46.6. The summed E-state index contributed by atoms with van der Waals surface area (Å²) in [5.74, 6) is 5.73. The highest BCUT2D eigenvalue weighted by Crippen LogP contribution is 2.65. The lowest BCUT2D eigenvalue weighted by atomic mass is 9.39. The van der Waals surface area contributed by atoms with Crippen LogP contribution in [0.5, 0.6) is 0 Å². The van der Waals surface area contributed by atoms with Gasteiger partial charge < -0.3 is 0 Å². The van der Waals surface area contributed by atoms with Crippen molar-refractivity contribution < 1.29 is 0 Å². The molecule has 0 heteroatoms. The minimum Gasteiger partial charge on any atom is -0.0619 e. The molecule has 0 saturated heterocycles. The van der Waals surface area contributed by atoms with Crippen molar-refractivity contribution in [2.24, 2.45) is 46.3 Å². The molecule has 0 aromatic carbocycles. The molecule has 4 atom stereocenters. The molecule has 3 fully saturated rings. The van der Waals surface area contributed by atoms with Gasteiger partial charge in [0.2, 0.25) is 0 Å². The van der Waals surface area contributed by atoms with Gasteiger partial charge in [-0.1, -0.05) is 55.4 Å². The molecule has 0 aliphatic heterocycles. The van der Waals surface area contributed by atoms with Crippen LogP contribution in [0, 0.1) is 46.3 Å². The highest BCUT2D eigenvalue weighted by Gasteiger charge is 2.59. The van der Waals surface area contributed by atoms with Crippen molar-refractivity contribution in [2.45, 2.75) is 61.8 Å². The van der Waals surface area contributed by atoms with Crippen molar-refractivity contribution in [1.29, 1.82) is 0 Å². The van der Waals surface area contributed by atoms with Crippen LogP contribution in [-0.4, -0.2) is 0 Å². The van der Waals surface area contributed by atoms with Gasteiger partial charge >= 0.3 is 0 Å². The molecule has 3 rings (SSSR count). The Kier molecular flexibility index (Phi) is 2.96. The number of hydrogen-bond acceptors (Lipinski definition) is 0. The first-order valence-corrected chi connectivity index (χ1v) is 7.55. The molecule has 4 unspecified atom stereocenters. The lowest BCUT2D eigenvalue weighted by Crippen LogP contribution is -2.60. The summed E-state index contributed by atoms with van der Waals surface area (Å²) in [6.07, 6.45) is 1.51. The molecular formula is C17H32. The molecule has 0 N–H and O–H groups in total. The van der Waals surface area contributed by atoms with Gasteiger partial charge in [-0.05, 0) is 52.8 Å². The fourth-order valence-electron chi connectivity index (χ4n) is 5.69. The molecule has 2 bridgehead atoms. The molecule has 100 valence electrons. The predicted molar refractivity (Wildman–Crippen MR) is 75.8 cm³/mol. The van der Waals surface area contributed by atoms with Crippen molar-refractivity contribution in [1.82, 2.24) is 0 Å². The van der Waals surface area contributed by atoms with E-state index in [2.05, 4.69) is 55.4 Å². The molecule has 0 aromatic heterocycles. The topological polar surface area (TPSA) is 0 Å². The van der Waals surface area contributed by atoms with Crippen LogP contribution >= 0.6 is 0 Å². The van der Waals surface area contributed by atoms with Crippen molar-refractivity contribution in [3.8, 4) is 0 Å². The van der Waals surface area contributed by atoms with Crippen molar-refractivity contribution in [3.63, 3.8) is 0 Å². The fraction of sp³-hybridized carbons (Fsp3) is 1.00. The van der Waals surface area contributed by atoms with Gasteiger partial charge in [-0.25, -0.2) is 0 Å². The van der Waals surface area contributed by atoms with E-state index < -0.39 is 0 Å². The smallest absolute Gasteiger partial charge is 0.0303 e. The summed E-state index contributed by atoms with van der Waals surface area (Å²) in [5, 5.41) is 0. The monoisotopic (exact) mass is 236 g/mol. The molecule has 0 heterocycles. The quantitative estimate of drug-likeness (QED) is 0.540. The summed E-state index contributed by atoms with van der Waals surface area (Å²) in [6.45, 7) is 19.8. The Hall–Kier alpha value is 0. The molecule has 3 aliphatic carbocycles. The van der Waals surface area contributed by atoms with Crippen molar-refractivity contribution in [2.75, 3.05) is 0 Å². The maximum atomic E-state index is 2.53. The lowest BCUT2D eigenvalue weighted by Gasteiger charge is -2.66. The minimum atomic E-state index is 0.485. The zero-order chi connectivity index (χ0) is 13.2. The molecule has 3 aliphatic rings. The van der Waals surface area contributed by atoms with Gasteiger partial charge in [0.25, 0.3) is 0 Å². The predicted octanol–water partition coefficient (Wildman–Crippen LogP) is 5.23. The van der Waals surface area contributed by atoms with Gasteiger partial charge in [-0.15, -0.1) is 0 Å². The molecule has 0 radical (unpaired) electrons. The molecule has 3 saturated carbocycles. The Morgan fingerprint density at radius 2 is 1.00 bits per heavy atom. The Labute approximate surface area is 109 Å². The van der Waals surface area contributed by atoms with Crippen LogP contribution in [-0.2, 0) is 0 Å². The summed E-state index contributed by atoms with van der Waals surface area (Å²) < 4.78 is 0. The van der Waals surface area contributed by atoms with Crippen LogP contribution < -0.4 is 0 Å².